The van der Waals surface area contributed by atoms with Crippen molar-refractivity contribution in [3.8, 4) is 0 Å². The highest BCUT2D eigenvalue weighted by Gasteiger charge is 2.28. The normalized spacial score (nSPS) is 24.7. The predicted octanol–water partition coefficient (Wildman–Crippen LogP) is 3.98. The van der Waals surface area contributed by atoms with Crippen LogP contribution in [-0.4, -0.2) is 30.1 Å². The highest BCUT2D eigenvalue weighted by atomic mass is 32.1. The molecule has 0 aromatic carbocycles. The minimum atomic E-state index is 0.665. The van der Waals surface area contributed by atoms with E-state index < -0.39 is 0 Å². The third-order valence-electron chi connectivity index (χ3n) is 4.05. The standard InChI is InChI=1S/C17H30N2S/c1-13(2)8-15-11-19(12-17-6-5-7-20-17)16(10-18-15)9-14(3)4/h5-7,13-16,18H,8-12H2,1-4H3. The maximum absolute atomic E-state index is 3.78. The Morgan fingerprint density at radius 3 is 2.60 bits per heavy atom. The van der Waals surface area contributed by atoms with Crippen molar-refractivity contribution in [3.63, 3.8) is 0 Å². The van der Waals surface area contributed by atoms with Gasteiger partial charge >= 0.3 is 0 Å². The maximum Gasteiger partial charge on any atom is 0.0332 e. The van der Waals surface area contributed by atoms with Crippen LogP contribution in [0.3, 0.4) is 0 Å². The van der Waals surface area contributed by atoms with Crippen LogP contribution in [-0.2, 0) is 6.54 Å². The molecule has 1 aliphatic rings. The molecule has 2 unspecified atom stereocenters. The van der Waals surface area contributed by atoms with Crippen molar-refractivity contribution in [3.05, 3.63) is 22.4 Å². The van der Waals surface area contributed by atoms with Crippen molar-refractivity contribution >= 4 is 11.3 Å². The summed E-state index contributed by atoms with van der Waals surface area (Å²) in [6.45, 7) is 12.8. The molecule has 1 N–H and O–H groups in total. The first kappa shape index (κ1) is 16.0. The second-order valence-electron chi connectivity index (χ2n) is 7.03. The highest BCUT2D eigenvalue weighted by molar-refractivity contribution is 7.09. The predicted molar refractivity (Wildman–Crippen MR) is 89.2 cm³/mol. The number of nitrogens with zero attached hydrogens (tertiary/aromatic N) is 1. The zero-order chi connectivity index (χ0) is 14.5. The molecule has 0 radical (unpaired) electrons. The van der Waals surface area contributed by atoms with E-state index >= 15 is 0 Å². The molecule has 0 amide bonds. The smallest absolute Gasteiger partial charge is 0.0332 e. The second kappa shape index (κ2) is 7.58. The first-order valence-corrected chi connectivity index (χ1v) is 8.92. The van der Waals surface area contributed by atoms with Crippen LogP contribution in [0.2, 0.25) is 0 Å². The van der Waals surface area contributed by atoms with Crippen LogP contribution >= 0.6 is 11.3 Å². The number of rotatable bonds is 6. The fourth-order valence-electron chi connectivity index (χ4n) is 3.23. The van der Waals surface area contributed by atoms with Crippen molar-refractivity contribution in [2.45, 2.75) is 59.2 Å². The lowest BCUT2D eigenvalue weighted by Crippen LogP contribution is -2.56. The molecule has 1 saturated heterocycles. The molecule has 0 saturated carbocycles. The van der Waals surface area contributed by atoms with Gasteiger partial charge in [0.05, 0.1) is 0 Å². The van der Waals surface area contributed by atoms with Gasteiger partial charge in [-0.25, -0.2) is 0 Å². The largest absolute Gasteiger partial charge is 0.311 e. The monoisotopic (exact) mass is 294 g/mol. The molecule has 0 spiro atoms. The van der Waals surface area contributed by atoms with Crippen molar-refractivity contribution in [1.29, 1.82) is 0 Å². The van der Waals surface area contributed by atoms with E-state index in [1.54, 1.807) is 0 Å². The molecule has 3 heteroatoms. The number of hydrogen-bond acceptors (Lipinski definition) is 3. The Balaban J connectivity index is 1.98. The van der Waals surface area contributed by atoms with Crippen LogP contribution in [0.15, 0.2) is 17.5 Å². The first-order chi connectivity index (χ1) is 9.54. The van der Waals surface area contributed by atoms with Crippen LogP contribution in [0.25, 0.3) is 0 Å². The van der Waals surface area contributed by atoms with Gasteiger partial charge in [-0.3, -0.25) is 4.90 Å². The summed E-state index contributed by atoms with van der Waals surface area (Å²) in [7, 11) is 0. The highest BCUT2D eigenvalue weighted by Crippen LogP contribution is 2.22. The Kier molecular flexibility index (Phi) is 6.06. The summed E-state index contributed by atoms with van der Waals surface area (Å²) in [5.74, 6) is 1.55. The molecule has 2 nitrogen and oxygen atoms in total. The average Bonchev–Trinajstić information content (AvgIpc) is 2.84. The molecular formula is C17H30N2S. The van der Waals surface area contributed by atoms with Crippen molar-refractivity contribution in [1.82, 2.24) is 10.2 Å². The quantitative estimate of drug-likeness (QED) is 0.853. The van der Waals surface area contributed by atoms with Crippen LogP contribution < -0.4 is 5.32 Å². The lowest BCUT2D eigenvalue weighted by Gasteiger charge is -2.41. The van der Waals surface area contributed by atoms with E-state index in [9.17, 15) is 0 Å². The Labute approximate surface area is 128 Å². The van der Waals surface area contributed by atoms with Crippen molar-refractivity contribution < 1.29 is 0 Å². The maximum atomic E-state index is 3.78. The molecule has 1 aliphatic heterocycles. The van der Waals surface area contributed by atoms with Crippen LogP contribution in [0.4, 0.5) is 0 Å². The zero-order valence-electron chi connectivity index (χ0n) is 13.4. The third kappa shape index (κ3) is 4.87. The molecule has 1 fully saturated rings. The number of piperazine rings is 1. The van der Waals surface area contributed by atoms with E-state index in [4.69, 9.17) is 0 Å². The molecule has 0 bridgehead atoms. The van der Waals surface area contributed by atoms with Crippen LogP contribution in [0, 0.1) is 11.8 Å². The minimum absolute atomic E-state index is 0.665. The van der Waals surface area contributed by atoms with Gasteiger partial charge in [-0.15, -0.1) is 11.3 Å². The van der Waals surface area contributed by atoms with Gasteiger partial charge < -0.3 is 5.32 Å². The van der Waals surface area contributed by atoms with Crippen LogP contribution in [0.5, 0.6) is 0 Å². The summed E-state index contributed by atoms with van der Waals surface area (Å²) < 4.78 is 0. The zero-order valence-corrected chi connectivity index (χ0v) is 14.2. The Morgan fingerprint density at radius 2 is 2.00 bits per heavy atom. The van der Waals surface area contributed by atoms with Gasteiger partial charge in [-0.2, -0.15) is 0 Å². The SMILES string of the molecule is CC(C)CC1CN(Cc2cccs2)C(CC(C)C)CN1. The minimum Gasteiger partial charge on any atom is -0.311 e. The molecule has 1 aromatic rings. The van der Waals surface area contributed by atoms with E-state index in [1.807, 2.05) is 11.3 Å². The summed E-state index contributed by atoms with van der Waals surface area (Å²) >= 11 is 1.89. The molecule has 20 heavy (non-hydrogen) atoms. The molecule has 0 aliphatic carbocycles. The van der Waals surface area contributed by atoms with Gasteiger partial charge in [0.1, 0.15) is 0 Å². The van der Waals surface area contributed by atoms with Gasteiger partial charge in [0.25, 0.3) is 0 Å². The van der Waals surface area contributed by atoms with E-state index in [-0.39, 0.29) is 0 Å². The second-order valence-corrected chi connectivity index (χ2v) is 8.06. The lowest BCUT2D eigenvalue weighted by atomic mass is 9.95. The Hall–Kier alpha value is -0.380. The lowest BCUT2D eigenvalue weighted by molar-refractivity contribution is 0.101. The topological polar surface area (TPSA) is 15.3 Å². The molecule has 2 atom stereocenters. The fourth-order valence-corrected chi connectivity index (χ4v) is 3.96. The Morgan fingerprint density at radius 1 is 1.25 bits per heavy atom. The van der Waals surface area contributed by atoms with Crippen molar-refractivity contribution in [2.24, 2.45) is 11.8 Å². The summed E-state index contributed by atoms with van der Waals surface area (Å²) in [5, 5.41) is 5.97. The molecule has 2 rings (SSSR count). The van der Waals surface area contributed by atoms with E-state index in [0.717, 1.165) is 24.9 Å². The van der Waals surface area contributed by atoms with Gasteiger partial charge in [0.15, 0.2) is 0 Å². The van der Waals surface area contributed by atoms with E-state index in [2.05, 4.69) is 55.4 Å². The van der Waals surface area contributed by atoms with Crippen molar-refractivity contribution in [2.75, 3.05) is 13.1 Å². The summed E-state index contributed by atoms with van der Waals surface area (Å²) in [5.41, 5.74) is 0. The number of thiophene rings is 1. The summed E-state index contributed by atoms with van der Waals surface area (Å²) in [6.07, 6.45) is 2.59. The van der Waals surface area contributed by atoms with E-state index in [1.165, 1.54) is 24.3 Å². The molecule has 114 valence electrons. The molecular weight excluding hydrogens is 264 g/mol. The van der Waals surface area contributed by atoms with Crippen LogP contribution in [0.1, 0.15) is 45.4 Å². The Bertz CT molecular complexity index is 372. The molecule has 1 aromatic heterocycles. The van der Waals surface area contributed by atoms with Gasteiger partial charge in [0.2, 0.25) is 0 Å². The van der Waals surface area contributed by atoms with Gasteiger partial charge in [0, 0.05) is 36.6 Å². The summed E-state index contributed by atoms with van der Waals surface area (Å²) in [6, 6.07) is 5.81. The third-order valence-corrected chi connectivity index (χ3v) is 4.91. The number of hydrogen-bond donors (Lipinski definition) is 1. The van der Waals surface area contributed by atoms with E-state index in [0.29, 0.717) is 12.1 Å². The van der Waals surface area contributed by atoms with Gasteiger partial charge in [-0.05, 0) is 36.1 Å². The molecule has 2 heterocycles. The summed E-state index contributed by atoms with van der Waals surface area (Å²) in [4.78, 5) is 4.22. The van der Waals surface area contributed by atoms with Gasteiger partial charge in [-0.1, -0.05) is 33.8 Å². The fraction of sp³-hybridized carbons (Fsp3) is 0.765. The first-order valence-electron chi connectivity index (χ1n) is 8.04. The average molecular weight is 295 g/mol. The number of nitrogens with one attached hydrogen (secondary N) is 1.